The van der Waals surface area contributed by atoms with Crippen molar-refractivity contribution >= 4 is 28.6 Å². The molecule has 5 rings (SSSR count). The molecule has 2 heterocycles. The van der Waals surface area contributed by atoms with Gasteiger partial charge in [0.05, 0.1) is 18.2 Å². The number of hydrogen-bond acceptors (Lipinski definition) is 5. The minimum absolute atomic E-state index is 0.263. The van der Waals surface area contributed by atoms with Gasteiger partial charge in [-0.1, -0.05) is 59.3 Å². The monoisotopic (exact) mass is 496 g/mol. The number of aryl methyl sites for hydroxylation is 2. The van der Waals surface area contributed by atoms with Gasteiger partial charge in [0.25, 0.3) is 5.89 Å². The molecule has 4 aromatic rings. The molecule has 7 heteroatoms. The molecule has 6 nitrogen and oxygen atoms in total. The summed E-state index contributed by atoms with van der Waals surface area (Å²) in [5.74, 6) is 1.82. The normalized spacial score (nSPS) is 15.7. The summed E-state index contributed by atoms with van der Waals surface area (Å²) in [6.07, 6.45) is 0. The molecular weight excluding hydrogens is 468 g/mol. The van der Waals surface area contributed by atoms with Crippen LogP contribution in [0.3, 0.4) is 0 Å². The van der Waals surface area contributed by atoms with E-state index in [1.807, 2.05) is 79.4 Å². The van der Waals surface area contributed by atoms with Gasteiger partial charge in [0.1, 0.15) is 5.75 Å². The predicted molar refractivity (Wildman–Crippen MR) is 147 cm³/mol. The molecule has 1 aliphatic heterocycles. The zero-order valence-electron chi connectivity index (χ0n) is 20.8. The Morgan fingerprint density at radius 1 is 0.972 bits per heavy atom. The molecule has 0 fully saturated rings. The second kappa shape index (κ2) is 9.95. The quantitative estimate of drug-likeness (QED) is 0.301. The van der Waals surface area contributed by atoms with Crippen LogP contribution < -0.4 is 15.0 Å². The van der Waals surface area contributed by atoms with Crippen LogP contribution in [0.1, 0.15) is 42.5 Å². The van der Waals surface area contributed by atoms with Gasteiger partial charge in [-0.15, -0.1) is 0 Å². The van der Waals surface area contributed by atoms with Gasteiger partial charge < -0.3 is 14.6 Å². The van der Waals surface area contributed by atoms with E-state index in [0.717, 1.165) is 39.4 Å². The van der Waals surface area contributed by atoms with Crippen LogP contribution in [0.5, 0.6) is 5.75 Å². The highest BCUT2D eigenvalue weighted by atomic mass is 32.1. The number of nitrogens with zero attached hydrogens (tertiary/aromatic N) is 3. The summed E-state index contributed by atoms with van der Waals surface area (Å²) in [7, 11) is 0. The summed E-state index contributed by atoms with van der Waals surface area (Å²) in [5, 5.41) is 8.43. The van der Waals surface area contributed by atoms with Crippen molar-refractivity contribution in [1.82, 2.24) is 15.5 Å². The minimum Gasteiger partial charge on any atom is -0.494 e. The Labute approximate surface area is 216 Å². The zero-order chi connectivity index (χ0) is 25.2. The summed E-state index contributed by atoms with van der Waals surface area (Å²) >= 11 is 5.86. The van der Waals surface area contributed by atoms with E-state index >= 15 is 0 Å². The number of benzene rings is 3. The second-order valence-corrected chi connectivity index (χ2v) is 9.23. The Bertz CT molecular complexity index is 1420. The fourth-order valence-corrected chi connectivity index (χ4v) is 4.78. The van der Waals surface area contributed by atoms with Gasteiger partial charge in [-0.3, -0.25) is 4.90 Å². The largest absolute Gasteiger partial charge is 0.494 e. The molecule has 1 aliphatic rings. The molecule has 0 saturated heterocycles. The van der Waals surface area contributed by atoms with E-state index in [2.05, 4.69) is 36.5 Å². The third-order valence-corrected chi connectivity index (χ3v) is 6.54. The Morgan fingerprint density at radius 3 is 2.42 bits per heavy atom. The number of anilines is 1. The van der Waals surface area contributed by atoms with Crippen LogP contribution >= 0.6 is 12.2 Å². The summed E-state index contributed by atoms with van der Waals surface area (Å²) < 4.78 is 11.5. The lowest BCUT2D eigenvalue weighted by molar-refractivity contribution is 0.340. The van der Waals surface area contributed by atoms with Crippen molar-refractivity contribution in [3.8, 4) is 17.1 Å². The third kappa shape index (κ3) is 4.62. The molecule has 1 aromatic heterocycles. The molecule has 182 valence electrons. The molecule has 1 atom stereocenters. The third-order valence-electron chi connectivity index (χ3n) is 6.24. The molecule has 1 N–H and O–H groups in total. The predicted octanol–water partition coefficient (Wildman–Crippen LogP) is 6.62. The lowest BCUT2D eigenvalue weighted by Gasteiger charge is -2.37. The standard InChI is InChI=1S/C29H28N4O2S/c1-5-34-24-15-13-21(14-16-24)26-25(28-31-27(32-35-28)22-11-9-18(2)10-12-22)20(4)33(29(36)30-26)23-8-6-7-19(3)17-23/h6-17,26H,5H2,1-4H3,(H,30,36). The highest BCUT2D eigenvalue weighted by Gasteiger charge is 2.34. The smallest absolute Gasteiger partial charge is 0.258 e. The fourth-order valence-electron chi connectivity index (χ4n) is 4.42. The summed E-state index contributed by atoms with van der Waals surface area (Å²) in [5.41, 5.74) is 7.04. The maximum absolute atomic E-state index is 5.86. The molecule has 0 aliphatic carbocycles. The van der Waals surface area contributed by atoms with Crippen molar-refractivity contribution in [3.63, 3.8) is 0 Å². The molecule has 3 aromatic carbocycles. The molecular formula is C29H28N4O2S. The van der Waals surface area contributed by atoms with E-state index in [1.165, 1.54) is 5.56 Å². The van der Waals surface area contributed by atoms with Gasteiger partial charge in [-0.05, 0) is 75.3 Å². The number of allylic oxidation sites excluding steroid dienone is 1. The average Bonchev–Trinajstić information content (AvgIpc) is 3.34. The topological polar surface area (TPSA) is 63.4 Å². The van der Waals surface area contributed by atoms with Crippen molar-refractivity contribution in [2.75, 3.05) is 11.5 Å². The Balaban J connectivity index is 1.62. The highest BCUT2D eigenvalue weighted by Crippen LogP contribution is 2.39. The van der Waals surface area contributed by atoms with E-state index in [4.69, 9.17) is 26.5 Å². The number of aromatic nitrogens is 2. The lowest BCUT2D eigenvalue weighted by Crippen LogP contribution is -2.46. The first-order chi connectivity index (χ1) is 17.4. The van der Waals surface area contributed by atoms with Gasteiger partial charge in [-0.25, -0.2) is 0 Å². The van der Waals surface area contributed by atoms with Crippen LogP contribution in [0.2, 0.25) is 0 Å². The van der Waals surface area contributed by atoms with E-state index in [0.29, 0.717) is 23.4 Å². The van der Waals surface area contributed by atoms with E-state index in [1.54, 1.807) is 0 Å². The molecule has 0 saturated carbocycles. The Morgan fingerprint density at radius 2 is 1.72 bits per heavy atom. The van der Waals surface area contributed by atoms with Crippen molar-refractivity contribution in [3.05, 3.63) is 101 Å². The number of ether oxygens (including phenoxy) is 1. The molecule has 0 amide bonds. The maximum Gasteiger partial charge on any atom is 0.258 e. The first kappa shape index (κ1) is 23.8. The van der Waals surface area contributed by atoms with E-state index in [-0.39, 0.29) is 6.04 Å². The van der Waals surface area contributed by atoms with Gasteiger partial charge in [0.15, 0.2) is 5.11 Å². The molecule has 0 radical (unpaired) electrons. The van der Waals surface area contributed by atoms with Crippen LogP contribution in [0.15, 0.2) is 83.0 Å². The average molecular weight is 497 g/mol. The van der Waals surface area contributed by atoms with Gasteiger partial charge in [-0.2, -0.15) is 4.98 Å². The number of rotatable bonds is 6. The molecule has 36 heavy (non-hydrogen) atoms. The van der Waals surface area contributed by atoms with Crippen LogP contribution in [0.4, 0.5) is 5.69 Å². The Hall–Kier alpha value is -3.97. The van der Waals surface area contributed by atoms with Gasteiger partial charge in [0.2, 0.25) is 5.82 Å². The van der Waals surface area contributed by atoms with Crippen LogP contribution in [-0.2, 0) is 0 Å². The number of nitrogens with one attached hydrogen (secondary N) is 1. The van der Waals surface area contributed by atoms with Crippen molar-refractivity contribution in [2.45, 2.75) is 33.7 Å². The van der Waals surface area contributed by atoms with E-state index in [9.17, 15) is 0 Å². The van der Waals surface area contributed by atoms with Crippen LogP contribution in [0.25, 0.3) is 17.0 Å². The fraction of sp³-hybridized carbons (Fsp3) is 0.207. The summed E-state index contributed by atoms with van der Waals surface area (Å²) in [6, 6.07) is 24.1. The van der Waals surface area contributed by atoms with Crippen molar-refractivity contribution in [1.29, 1.82) is 0 Å². The Kier molecular flexibility index (Phi) is 6.57. The second-order valence-electron chi connectivity index (χ2n) is 8.85. The van der Waals surface area contributed by atoms with Crippen LogP contribution in [-0.4, -0.2) is 21.9 Å². The highest BCUT2D eigenvalue weighted by molar-refractivity contribution is 7.80. The molecule has 0 spiro atoms. The lowest BCUT2D eigenvalue weighted by atomic mass is 9.94. The first-order valence-corrected chi connectivity index (χ1v) is 12.4. The SMILES string of the molecule is CCOc1ccc(C2NC(=S)N(c3cccc(C)c3)C(C)=C2c2nc(-c3ccc(C)cc3)no2)cc1. The number of thiocarbonyl (C=S) groups is 1. The molecule has 0 bridgehead atoms. The number of hydrogen-bond donors (Lipinski definition) is 1. The zero-order valence-corrected chi connectivity index (χ0v) is 21.6. The van der Waals surface area contributed by atoms with E-state index < -0.39 is 0 Å². The molecule has 1 unspecified atom stereocenters. The first-order valence-electron chi connectivity index (χ1n) is 12.0. The summed E-state index contributed by atoms with van der Waals surface area (Å²) in [6.45, 7) is 8.75. The summed E-state index contributed by atoms with van der Waals surface area (Å²) in [4.78, 5) is 6.83. The van der Waals surface area contributed by atoms with Crippen LogP contribution in [0, 0.1) is 13.8 Å². The van der Waals surface area contributed by atoms with Gasteiger partial charge >= 0.3 is 0 Å². The maximum atomic E-state index is 5.86. The van der Waals surface area contributed by atoms with Gasteiger partial charge in [0, 0.05) is 16.9 Å². The minimum atomic E-state index is -0.263. The van der Waals surface area contributed by atoms with Crippen molar-refractivity contribution in [2.24, 2.45) is 0 Å². The van der Waals surface area contributed by atoms with Crippen molar-refractivity contribution < 1.29 is 9.26 Å².